The minimum Gasteiger partial charge on any atom is -0.462 e. The van der Waals surface area contributed by atoms with Crippen LogP contribution in [-0.4, -0.2) is 61.0 Å². The van der Waals surface area contributed by atoms with Gasteiger partial charge in [0.1, 0.15) is 0 Å². The zero-order valence-corrected chi connectivity index (χ0v) is 36.4. The Morgan fingerprint density at radius 1 is 0.383 bits per heavy atom. The number of esters is 4. The fourth-order valence-corrected chi connectivity index (χ4v) is 5.42. The predicted octanol–water partition coefficient (Wildman–Crippen LogP) is 12.2. The van der Waals surface area contributed by atoms with Gasteiger partial charge >= 0.3 is 23.9 Å². The van der Waals surface area contributed by atoms with Crippen LogP contribution in [0.1, 0.15) is 69.1 Å². The molecule has 0 heterocycles. The fourth-order valence-electron chi connectivity index (χ4n) is 5.42. The first kappa shape index (κ1) is 48.7. The first-order chi connectivity index (χ1) is 29.1. The second kappa shape index (κ2) is 26.4. The van der Waals surface area contributed by atoms with Crippen molar-refractivity contribution < 1.29 is 38.1 Å². The molecule has 0 atom stereocenters. The fraction of sp³-hybridized carbons (Fsp3) is 0.227. The second-order valence-corrected chi connectivity index (χ2v) is 13.4. The van der Waals surface area contributed by atoms with Crippen LogP contribution in [0.25, 0.3) is 0 Å². The number of ether oxygens (including phenoxy) is 4. The normalized spacial score (nSPS) is 10.0. The highest BCUT2D eigenvalue weighted by molar-refractivity contribution is 6.41. The molecule has 60 heavy (non-hydrogen) atoms. The van der Waals surface area contributed by atoms with E-state index in [4.69, 9.17) is 65.4 Å². The third-order valence-corrected chi connectivity index (χ3v) is 7.88. The van der Waals surface area contributed by atoms with Crippen molar-refractivity contribution in [2.75, 3.05) is 58.4 Å². The van der Waals surface area contributed by atoms with Crippen molar-refractivity contribution in [2.24, 2.45) is 0 Å². The van der Waals surface area contributed by atoms with E-state index in [1.165, 1.54) is 0 Å². The molecular weight excluding hydrogens is 854 g/mol. The van der Waals surface area contributed by atoms with Crippen molar-refractivity contribution in [3.63, 3.8) is 0 Å². The van der Waals surface area contributed by atoms with Gasteiger partial charge in [0.25, 0.3) is 0 Å². The van der Waals surface area contributed by atoms with Gasteiger partial charge in [0.15, 0.2) is 0 Å². The van der Waals surface area contributed by atoms with Crippen molar-refractivity contribution in [3.8, 4) is 0 Å². The van der Waals surface area contributed by atoms with E-state index < -0.39 is 23.9 Å². The summed E-state index contributed by atoms with van der Waals surface area (Å²) in [5.41, 5.74) is 5.68. The number of carbonyl (C=O) groups is 4. The Morgan fingerprint density at radius 2 is 0.617 bits per heavy atom. The summed E-state index contributed by atoms with van der Waals surface area (Å²) >= 11 is 19.1. The topological polar surface area (TPSA) is 153 Å². The molecule has 0 radical (unpaired) electrons. The van der Waals surface area contributed by atoms with Gasteiger partial charge in [-0.25, -0.2) is 19.2 Å². The molecule has 0 fully saturated rings. The summed E-state index contributed by atoms with van der Waals surface area (Å²) in [5.74, 6) is -2.04. The van der Waals surface area contributed by atoms with Crippen LogP contribution in [0, 0.1) is 0 Å². The van der Waals surface area contributed by atoms with Crippen LogP contribution in [0.5, 0.6) is 0 Å². The van der Waals surface area contributed by atoms with Crippen molar-refractivity contribution in [1.29, 1.82) is 0 Å². The van der Waals surface area contributed by atoms with Gasteiger partial charge < -0.3 is 40.2 Å². The molecule has 0 amide bonds. The van der Waals surface area contributed by atoms with E-state index in [2.05, 4.69) is 21.3 Å². The molecule has 318 valence electrons. The van der Waals surface area contributed by atoms with E-state index in [0.717, 1.165) is 0 Å². The smallest absolute Gasteiger partial charge is 0.340 e. The lowest BCUT2D eigenvalue weighted by atomic mass is 10.0. The molecule has 12 nitrogen and oxygen atoms in total. The molecule has 0 saturated carbocycles. The van der Waals surface area contributed by atoms with Crippen LogP contribution in [0.3, 0.4) is 0 Å². The number of nitrogens with one attached hydrogen (secondary N) is 4. The number of hydrogen-bond donors (Lipinski definition) is 4. The average Bonchev–Trinajstić information content (AvgIpc) is 3.24. The van der Waals surface area contributed by atoms with Gasteiger partial charge in [-0.2, -0.15) is 0 Å². The lowest BCUT2D eigenvalue weighted by molar-refractivity contribution is 0.0513. The van der Waals surface area contributed by atoms with Gasteiger partial charge in [-0.3, -0.25) is 0 Å². The van der Waals surface area contributed by atoms with E-state index in [0.29, 0.717) is 56.6 Å². The molecule has 0 spiro atoms. The standard InChI is InChI=1S/C42H42N4O8.2CH2Cl2/c1-5-51-39(47)31-13-9-11-15-35(31)43-27-17-21-29(22-18-27)45-37-25-34(42(50)54-8-4)38(26-33(37)41(49)53-7-3)46-30-23-19-28(20-24-30)44-36-16-12-10-14-32(36)40(48)52-6-2;2*2-1-3/h9-26,43-46H,5-8H2,1-4H3;2*1H2. The quantitative estimate of drug-likeness (QED) is 0.0423. The number of halogens is 4. The van der Waals surface area contributed by atoms with Crippen molar-refractivity contribution in [2.45, 2.75) is 27.7 Å². The highest BCUT2D eigenvalue weighted by Crippen LogP contribution is 2.33. The van der Waals surface area contributed by atoms with Crippen LogP contribution in [0.15, 0.2) is 109 Å². The lowest BCUT2D eigenvalue weighted by Crippen LogP contribution is -2.13. The van der Waals surface area contributed by atoms with Crippen molar-refractivity contribution in [3.05, 3.63) is 131 Å². The third-order valence-electron chi connectivity index (χ3n) is 7.88. The molecule has 0 aliphatic rings. The molecule has 5 aromatic rings. The van der Waals surface area contributed by atoms with Crippen LogP contribution in [-0.2, 0) is 18.9 Å². The van der Waals surface area contributed by atoms with Crippen LogP contribution in [0.2, 0.25) is 0 Å². The number of benzene rings is 5. The van der Waals surface area contributed by atoms with E-state index in [1.807, 2.05) is 36.4 Å². The van der Waals surface area contributed by atoms with Crippen LogP contribution in [0.4, 0.5) is 45.5 Å². The van der Waals surface area contributed by atoms with Crippen molar-refractivity contribution in [1.82, 2.24) is 0 Å². The number of carbonyl (C=O) groups excluding carboxylic acids is 4. The molecular formula is C44H46Cl4N4O8. The molecule has 5 rings (SSSR count). The van der Waals surface area contributed by atoms with E-state index in [-0.39, 0.29) is 48.2 Å². The molecule has 0 aliphatic carbocycles. The largest absolute Gasteiger partial charge is 0.462 e. The summed E-state index contributed by atoms with van der Waals surface area (Å²) in [6, 6.07) is 31.6. The highest BCUT2D eigenvalue weighted by Gasteiger charge is 2.22. The Balaban J connectivity index is 0.00000151. The number of rotatable bonds is 16. The Kier molecular flexibility index (Phi) is 21.5. The minimum absolute atomic E-state index is 0.141. The molecule has 16 heteroatoms. The Morgan fingerprint density at radius 3 is 0.883 bits per heavy atom. The SMILES string of the molecule is CCOC(=O)c1ccccc1Nc1ccc(Nc2cc(C(=O)OCC)c(Nc3ccc(Nc4ccccc4C(=O)OCC)cc3)cc2C(=O)OCC)cc1.ClCCl.ClCCl. The summed E-state index contributed by atoms with van der Waals surface area (Å²) in [5, 5.41) is 13.4. The molecule has 0 aromatic heterocycles. The summed E-state index contributed by atoms with van der Waals surface area (Å²) in [4.78, 5) is 51.5. The monoisotopic (exact) mass is 898 g/mol. The zero-order chi connectivity index (χ0) is 43.9. The Bertz CT molecular complexity index is 2000. The van der Waals surface area contributed by atoms with Crippen LogP contribution >= 0.6 is 46.4 Å². The van der Waals surface area contributed by atoms with E-state index >= 15 is 0 Å². The lowest BCUT2D eigenvalue weighted by Gasteiger charge is -2.18. The van der Waals surface area contributed by atoms with Crippen molar-refractivity contribution >= 4 is 116 Å². The van der Waals surface area contributed by atoms with Crippen LogP contribution < -0.4 is 21.3 Å². The summed E-state index contributed by atoms with van der Waals surface area (Å²) in [6.07, 6.45) is 0. The molecule has 4 N–H and O–H groups in total. The molecule has 0 aliphatic heterocycles. The summed E-state index contributed by atoms with van der Waals surface area (Å²) < 4.78 is 21.2. The maximum atomic E-state index is 13.3. The van der Waals surface area contributed by atoms with Gasteiger partial charge in [0, 0.05) is 22.7 Å². The number of anilines is 8. The average molecular weight is 901 g/mol. The Hall–Kier alpha value is -5.66. The summed E-state index contributed by atoms with van der Waals surface area (Å²) in [7, 11) is 0. The number of para-hydroxylation sites is 2. The maximum absolute atomic E-state index is 13.3. The molecule has 0 saturated heterocycles. The van der Waals surface area contributed by atoms with E-state index in [1.54, 1.807) is 100 Å². The van der Waals surface area contributed by atoms with Gasteiger partial charge in [0.2, 0.25) is 0 Å². The Labute approximate surface area is 369 Å². The van der Waals surface area contributed by atoms with Gasteiger partial charge in [-0.05, 0) is 113 Å². The summed E-state index contributed by atoms with van der Waals surface area (Å²) in [6.45, 7) is 7.73. The first-order valence-corrected chi connectivity index (χ1v) is 20.8. The highest BCUT2D eigenvalue weighted by atomic mass is 35.5. The molecule has 0 bridgehead atoms. The number of alkyl halides is 4. The molecule has 0 unspecified atom stereocenters. The zero-order valence-electron chi connectivity index (χ0n) is 33.4. The second-order valence-electron chi connectivity index (χ2n) is 11.8. The minimum atomic E-state index is -0.591. The van der Waals surface area contributed by atoms with E-state index in [9.17, 15) is 19.2 Å². The predicted molar refractivity (Wildman–Crippen MR) is 242 cm³/mol. The third kappa shape index (κ3) is 14.9. The van der Waals surface area contributed by atoms with Gasteiger partial charge in [0.05, 0.1) is 82.1 Å². The van der Waals surface area contributed by atoms with Gasteiger partial charge in [-0.1, -0.05) is 24.3 Å². The number of hydrogen-bond acceptors (Lipinski definition) is 12. The van der Waals surface area contributed by atoms with Gasteiger partial charge in [-0.15, -0.1) is 46.4 Å². The first-order valence-electron chi connectivity index (χ1n) is 18.6. The molecule has 5 aromatic carbocycles. The maximum Gasteiger partial charge on any atom is 0.340 e.